The predicted molar refractivity (Wildman–Crippen MR) is 83.3 cm³/mol. The number of hydrogen-bond acceptors (Lipinski definition) is 4. The van der Waals surface area contributed by atoms with Crippen molar-refractivity contribution in [2.75, 3.05) is 13.1 Å². The van der Waals surface area contributed by atoms with Crippen LogP contribution < -0.4 is 4.91 Å². The third-order valence-corrected chi connectivity index (χ3v) is 4.13. The lowest BCUT2D eigenvalue weighted by Crippen LogP contribution is -2.18. The van der Waals surface area contributed by atoms with Crippen LogP contribution in [0, 0.1) is 16.0 Å². The van der Waals surface area contributed by atoms with Crippen LogP contribution in [0.25, 0.3) is 10.4 Å². The Hall–Kier alpha value is -1.90. The fourth-order valence-electron chi connectivity index (χ4n) is 2.05. The number of aromatic nitrogens is 1. The summed E-state index contributed by atoms with van der Waals surface area (Å²) in [6.45, 7) is 2.30. The first-order valence-electron chi connectivity index (χ1n) is 6.17. The molecule has 2 N–H and O–H groups in total. The molecule has 0 aliphatic carbocycles. The van der Waals surface area contributed by atoms with Crippen LogP contribution in [0.3, 0.4) is 0 Å². The van der Waals surface area contributed by atoms with Crippen LogP contribution >= 0.6 is 22.6 Å². The molecule has 0 fully saturated rings. The maximum absolute atomic E-state index is 11.4. The van der Waals surface area contributed by atoms with Gasteiger partial charge in [0.2, 0.25) is 4.91 Å². The highest BCUT2D eigenvalue weighted by Gasteiger charge is 2.22. The Kier molecular flexibility index (Phi) is 6.86. The lowest BCUT2D eigenvalue weighted by Gasteiger charge is -2.18. The fraction of sp³-hybridized carbons (Fsp3) is 0.545. The summed E-state index contributed by atoms with van der Waals surface area (Å²) in [6, 6.07) is -0.254. The second-order valence-electron chi connectivity index (χ2n) is 4.34. The Bertz CT molecular complexity index is 614. The fourth-order valence-corrected chi connectivity index (χ4v) is 2.60. The maximum atomic E-state index is 11.4. The van der Waals surface area contributed by atoms with Crippen molar-refractivity contribution in [3.63, 3.8) is 0 Å². The Morgan fingerprint density at radius 2 is 2.33 bits per heavy atom. The van der Waals surface area contributed by atoms with Gasteiger partial charge in [0.05, 0.1) is 0 Å². The van der Waals surface area contributed by atoms with Gasteiger partial charge in [-0.25, -0.2) is 4.79 Å². The smallest absolute Gasteiger partial charge is 0.352 e. The van der Waals surface area contributed by atoms with E-state index in [4.69, 9.17) is 11.1 Å². The van der Waals surface area contributed by atoms with Gasteiger partial charge in [-0.05, 0) is 53.5 Å². The molecule has 0 aliphatic heterocycles. The zero-order chi connectivity index (χ0) is 15.8. The zero-order valence-electron chi connectivity index (χ0n) is 11.4. The van der Waals surface area contributed by atoms with Crippen LogP contribution in [0.2, 0.25) is 0 Å². The minimum Gasteiger partial charge on any atom is -0.477 e. The standard InChI is InChI=1S/C11H14IN7O2/c1-7-9(12)6-19(10(7)11(20)21)8(5-16-18-14)3-2-4-15-17-13/h6,8,13H,2-5H2,1H3/p+1/t8-/m0/s1. The molecular formula is C11H15IN7O2+. The predicted octanol–water partition coefficient (Wildman–Crippen LogP) is 3.28. The summed E-state index contributed by atoms with van der Waals surface area (Å²) in [4.78, 5) is 17.1. The van der Waals surface area contributed by atoms with E-state index in [0.717, 1.165) is 3.57 Å². The molecule has 0 bridgehead atoms. The topological polar surface area (TPSA) is 141 Å². The van der Waals surface area contributed by atoms with E-state index in [0.29, 0.717) is 24.9 Å². The molecule has 0 aromatic carbocycles. The van der Waals surface area contributed by atoms with Gasteiger partial charge in [0.15, 0.2) is 0 Å². The summed E-state index contributed by atoms with van der Waals surface area (Å²) < 4.78 is 2.49. The van der Waals surface area contributed by atoms with Crippen LogP contribution in [0.5, 0.6) is 0 Å². The normalized spacial score (nSPS) is 11.3. The molecule has 0 radical (unpaired) electrons. The van der Waals surface area contributed by atoms with Crippen molar-refractivity contribution in [1.29, 1.82) is 5.53 Å². The second-order valence-corrected chi connectivity index (χ2v) is 5.50. The molecule has 1 aromatic heterocycles. The minimum atomic E-state index is -1.01. The van der Waals surface area contributed by atoms with E-state index in [1.807, 2.05) is 0 Å². The van der Waals surface area contributed by atoms with Gasteiger partial charge >= 0.3 is 5.97 Å². The molecule has 9 nitrogen and oxygen atoms in total. The van der Waals surface area contributed by atoms with Crippen molar-refractivity contribution in [2.45, 2.75) is 25.8 Å². The summed E-state index contributed by atoms with van der Waals surface area (Å²) in [7, 11) is 0. The Balaban J connectivity index is 3.07. The van der Waals surface area contributed by atoms with Gasteiger partial charge in [0.1, 0.15) is 22.9 Å². The van der Waals surface area contributed by atoms with E-state index in [2.05, 4.69) is 42.6 Å². The maximum Gasteiger partial charge on any atom is 0.352 e. The number of rotatable bonds is 8. The van der Waals surface area contributed by atoms with Crippen molar-refractivity contribution in [3.05, 3.63) is 31.5 Å². The third-order valence-electron chi connectivity index (χ3n) is 3.04. The first-order valence-corrected chi connectivity index (χ1v) is 7.25. The lowest BCUT2D eigenvalue weighted by molar-refractivity contribution is 0.0681. The molecule has 0 saturated carbocycles. The Morgan fingerprint density at radius 3 is 2.90 bits per heavy atom. The number of nitrogens with zero attached hydrogens (tertiary/aromatic N) is 6. The molecule has 1 atom stereocenters. The van der Waals surface area contributed by atoms with Crippen molar-refractivity contribution >= 4 is 28.6 Å². The number of aromatic carboxylic acids is 1. The van der Waals surface area contributed by atoms with E-state index >= 15 is 0 Å². The van der Waals surface area contributed by atoms with Crippen LogP contribution in [0.15, 0.2) is 16.4 Å². The minimum absolute atomic E-state index is 0.166. The van der Waals surface area contributed by atoms with E-state index < -0.39 is 5.97 Å². The molecule has 0 unspecified atom stereocenters. The van der Waals surface area contributed by atoms with E-state index in [1.54, 1.807) is 17.7 Å². The Morgan fingerprint density at radius 1 is 1.62 bits per heavy atom. The van der Waals surface area contributed by atoms with Crippen molar-refractivity contribution in [2.24, 2.45) is 10.2 Å². The average molecular weight is 404 g/mol. The molecule has 0 spiro atoms. The second kappa shape index (κ2) is 8.40. The molecule has 1 rings (SSSR count). The highest BCUT2D eigenvalue weighted by Crippen LogP contribution is 2.25. The number of carboxylic acid groups (broad SMARTS) is 1. The molecule has 0 saturated heterocycles. The number of nitrogens with one attached hydrogen (secondary N) is 1. The van der Waals surface area contributed by atoms with Crippen LogP contribution in [0.4, 0.5) is 0 Å². The molecule has 21 heavy (non-hydrogen) atoms. The van der Waals surface area contributed by atoms with Gasteiger partial charge in [0.25, 0.3) is 0 Å². The molecular weight excluding hydrogens is 389 g/mol. The monoisotopic (exact) mass is 404 g/mol. The first kappa shape index (κ1) is 17.2. The highest BCUT2D eigenvalue weighted by molar-refractivity contribution is 14.1. The van der Waals surface area contributed by atoms with Gasteiger partial charge in [-0.15, -0.1) is 0 Å². The van der Waals surface area contributed by atoms with Crippen molar-refractivity contribution < 1.29 is 9.90 Å². The van der Waals surface area contributed by atoms with Gasteiger partial charge in [-0.3, -0.25) is 0 Å². The lowest BCUT2D eigenvalue weighted by atomic mass is 10.1. The van der Waals surface area contributed by atoms with Gasteiger partial charge in [-0.1, -0.05) is 5.11 Å². The molecule has 112 valence electrons. The van der Waals surface area contributed by atoms with Gasteiger partial charge < -0.3 is 9.67 Å². The molecule has 10 heteroatoms. The molecule has 1 heterocycles. The largest absolute Gasteiger partial charge is 0.477 e. The van der Waals surface area contributed by atoms with Gasteiger partial charge in [0, 0.05) is 27.3 Å². The third kappa shape index (κ3) is 4.55. The van der Waals surface area contributed by atoms with E-state index in [-0.39, 0.29) is 18.3 Å². The molecule has 1 aromatic rings. The van der Waals surface area contributed by atoms with Crippen molar-refractivity contribution in [3.8, 4) is 0 Å². The molecule has 0 amide bonds. The summed E-state index contributed by atoms with van der Waals surface area (Å²) >= 11 is 2.08. The van der Waals surface area contributed by atoms with Gasteiger partial charge in [-0.2, -0.15) is 0 Å². The SMILES string of the molecule is Cc1c(I)cn([C@@H](CCCN=[N+]=N)CN=[N+]=[N-])c1C(=O)O. The number of azide groups is 1. The summed E-state index contributed by atoms with van der Waals surface area (Å²) in [5.41, 5.74) is 16.0. The number of carboxylic acids is 1. The quantitative estimate of drug-likeness (QED) is 0.226. The Labute approximate surface area is 134 Å². The van der Waals surface area contributed by atoms with E-state index in [1.165, 1.54) is 0 Å². The first-order chi connectivity index (χ1) is 10.0. The zero-order valence-corrected chi connectivity index (χ0v) is 13.6. The van der Waals surface area contributed by atoms with Crippen LogP contribution in [-0.4, -0.2) is 28.7 Å². The molecule has 0 aliphatic rings. The van der Waals surface area contributed by atoms with Crippen molar-refractivity contribution in [1.82, 2.24) is 9.48 Å². The average Bonchev–Trinajstić information content (AvgIpc) is 2.74. The number of carbonyl (C=O) groups is 1. The number of hydrogen-bond donors (Lipinski definition) is 2. The summed E-state index contributed by atoms with van der Waals surface area (Å²) in [6.07, 6.45) is 2.96. The summed E-state index contributed by atoms with van der Waals surface area (Å²) in [5, 5.41) is 16.5. The van der Waals surface area contributed by atoms with E-state index in [9.17, 15) is 9.90 Å². The highest BCUT2D eigenvalue weighted by atomic mass is 127. The number of halogens is 1. The van der Waals surface area contributed by atoms with Crippen LogP contribution in [-0.2, 0) is 0 Å². The summed E-state index contributed by atoms with van der Waals surface area (Å²) in [5.74, 6) is -1.01. The van der Waals surface area contributed by atoms with Crippen LogP contribution in [0.1, 0.15) is 34.9 Å².